The second kappa shape index (κ2) is 8.01. The van der Waals surface area contributed by atoms with Gasteiger partial charge in [-0.1, -0.05) is 13.8 Å². The molecule has 0 atom stereocenters. The average molecular weight is 353 g/mol. The van der Waals surface area contributed by atoms with E-state index in [0.29, 0.717) is 24.6 Å². The lowest BCUT2D eigenvalue weighted by Gasteiger charge is -2.28. The van der Waals surface area contributed by atoms with E-state index in [1.165, 1.54) is 30.7 Å². The number of ether oxygens (including phenoxy) is 2. The molecule has 1 aromatic carbocycles. The summed E-state index contributed by atoms with van der Waals surface area (Å²) in [5.74, 6) is 0.860. The number of hydrogen-bond acceptors (Lipinski definition) is 5. The first-order valence-electron chi connectivity index (χ1n) is 6.56. The van der Waals surface area contributed by atoms with Crippen molar-refractivity contribution in [3.8, 4) is 11.5 Å². The Morgan fingerprint density at radius 2 is 1.59 bits per heavy atom. The lowest BCUT2D eigenvalue weighted by molar-refractivity contribution is 0.291. The van der Waals surface area contributed by atoms with Crippen molar-refractivity contribution in [2.24, 2.45) is 11.1 Å². The summed E-state index contributed by atoms with van der Waals surface area (Å²) in [7, 11) is 0.868. The van der Waals surface area contributed by atoms with Gasteiger partial charge in [0, 0.05) is 31.8 Å². The van der Waals surface area contributed by atoms with Crippen molar-refractivity contribution in [1.82, 2.24) is 4.31 Å². The molecular formula is C14H25ClN2O4S. The molecule has 0 saturated carbocycles. The van der Waals surface area contributed by atoms with Gasteiger partial charge < -0.3 is 15.2 Å². The average Bonchev–Trinajstić information content (AvgIpc) is 2.46. The molecule has 0 heterocycles. The largest absolute Gasteiger partial charge is 0.497 e. The molecule has 128 valence electrons. The Labute approximate surface area is 139 Å². The Hall–Kier alpha value is -1.02. The van der Waals surface area contributed by atoms with Crippen LogP contribution in [0, 0.1) is 5.41 Å². The maximum atomic E-state index is 12.6. The summed E-state index contributed by atoms with van der Waals surface area (Å²) in [6, 6.07) is 4.58. The highest BCUT2D eigenvalue weighted by Crippen LogP contribution is 2.28. The van der Waals surface area contributed by atoms with Gasteiger partial charge >= 0.3 is 0 Å². The van der Waals surface area contributed by atoms with Crippen LogP contribution in [-0.4, -0.2) is 47.1 Å². The molecule has 0 amide bonds. The molecule has 0 spiro atoms. The van der Waals surface area contributed by atoms with E-state index in [4.69, 9.17) is 15.2 Å². The molecular weight excluding hydrogens is 328 g/mol. The van der Waals surface area contributed by atoms with Crippen LogP contribution in [-0.2, 0) is 10.0 Å². The summed E-state index contributed by atoms with van der Waals surface area (Å²) in [4.78, 5) is 0.133. The summed E-state index contributed by atoms with van der Waals surface area (Å²) in [6.07, 6.45) is 0. The van der Waals surface area contributed by atoms with Gasteiger partial charge in [0.15, 0.2) is 0 Å². The summed E-state index contributed by atoms with van der Waals surface area (Å²) in [6.45, 7) is 4.57. The predicted molar refractivity (Wildman–Crippen MR) is 89.4 cm³/mol. The van der Waals surface area contributed by atoms with Crippen molar-refractivity contribution in [2.45, 2.75) is 18.7 Å². The Morgan fingerprint density at radius 1 is 1.14 bits per heavy atom. The number of nitrogens with two attached hydrogens (primary N) is 1. The van der Waals surface area contributed by atoms with Crippen LogP contribution in [0.15, 0.2) is 23.1 Å². The van der Waals surface area contributed by atoms with E-state index < -0.39 is 10.0 Å². The molecule has 0 fully saturated rings. The molecule has 22 heavy (non-hydrogen) atoms. The molecule has 1 rings (SSSR count). The van der Waals surface area contributed by atoms with Gasteiger partial charge in [0.1, 0.15) is 11.5 Å². The molecule has 2 N–H and O–H groups in total. The third-order valence-corrected chi connectivity index (χ3v) is 5.02. The topological polar surface area (TPSA) is 81.9 Å². The van der Waals surface area contributed by atoms with Gasteiger partial charge in [0.25, 0.3) is 0 Å². The zero-order chi connectivity index (χ0) is 16.3. The standard InChI is InChI=1S/C14H24N2O4S.ClH/c1-14(2,9-15)10-16(3)21(17,18)13-7-11(19-4)6-12(8-13)20-5;/h6-8H,9-10,15H2,1-5H3;1H. The van der Waals surface area contributed by atoms with Gasteiger partial charge in [-0.25, -0.2) is 12.7 Å². The quantitative estimate of drug-likeness (QED) is 0.808. The fourth-order valence-corrected chi connectivity index (χ4v) is 3.27. The minimum absolute atomic E-state index is 0. The summed E-state index contributed by atoms with van der Waals surface area (Å²) < 4.78 is 36.8. The summed E-state index contributed by atoms with van der Waals surface area (Å²) >= 11 is 0. The number of sulfonamides is 1. The summed E-state index contributed by atoms with van der Waals surface area (Å²) in [5, 5.41) is 0. The van der Waals surface area contributed by atoms with E-state index in [-0.39, 0.29) is 22.7 Å². The molecule has 1 aromatic rings. The number of nitrogens with zero attached hydrogens (tertiary/aromatic N) is 1. The normalized spacial score (nSPS) is 12.0. The van der Waals surface area contributed by atoms with Gasteiger partial charge in [-0.15, -0.1) is 12.4 Å². The van der Waals surface area contributed by atoms with E-state index in [9.17, 15) is 8.42 Å². The van der Waals surface area contributed by atoms with Crippen LogP contribution in [0.5, 0.6) is 11.5 Å². The zero-order valence-electron chi connectivity index (χ0n) is 13.6. The molecule has 0 radical (unpaired) electrons. The van der Waals surface area contributed by atoms with E-state index in [1.807, 2.05) is 13.8 Å². The van der Waals surface area contributed by atoms with Gasteiger partial charge in [-0.2, -0.15) is 0 Å². The molecule has 0 aliphatic heterocycles. The second-order valence-corrected chi connectivity index (χ2v) is 7.72. The van der Waals surface area contributed by atoms with Crippen molar-refractivity contribution < 1.29 is 17.9 Å². The van der Waals surface area contributed by atoms with Crippen LogP contribution in [0.2, 0.25) is 0 Å². The molecule has 0 bridgehead atoms. The molecule has 0 aromatic heterocycles. The van der Waals surface area contributed by atoms with E-state index in [0.717, 1.165) is 0 Å². The first kappa shape index (κ1) is 21.0. The second-order valence-electron chi connectivity index (χ2n) is 5.68. The summed E-state index contributed by atoms with van der Waals surface area (Å²) in [5.41, 5.74) is 5.37. The van der Waals surface area contributed by atoms with Crippen molar-refractivity contribution in [1.29, 1.82) is 0 Å². The minimum Gasteiger partial charge on any atom is -0.497 e. The van der Waals surface area contributed by atoms with Crippen LogP contribution in [0.3, 0.4) is 0 Å². The fraction of sp³-hybridized carbons (Fsp3) is 0.571. The number of rotatable bonds is 7. The number of hydrogen-bond donors (Lipinski definition) is 1. The molecule has 0 saturated heterocycles. The van der Waals surface area contributed by atoms with Crippen molar-refractivity contribution in [3.05, 3.63) is 18.2 Å². The molecule has 8 heteroatoms. The van der Waals surface area contributed by atoms with Crippen molar-refractivity contribution in [2.75, 3.05) is 34.4 Å². The first-order valence-corrected chi connectivity index (χ1v) is 8.00. The van der Waals surface area contributed by atoms with E-state index >= 15 is 0 Å². The van der Waals surface area contributed by atoms with E-state index in [2.05, 4.69) is 0 Å². The third-order valence-electron chi connectivity index (χ3n) is 3.24. The first-order chi connectivity index (χ1) is 9.66. The van der Waals surface area contributed by atoms with Crippen molar-refractivity contribution >= 4 is 22.4 Å². The highest BCUT2D eigenvalue weighted by molar-refractivity contribution is 7.89. The van der Waals surface area contributed by atoms with Gasteiger partial charge in [-0.3, -0.25) is 0 Å². The highest BCUT2D eigenvalue weighted by Gasteiger charge is 2.28. The van der Waals surface area contributed by atoms with Crippen molar-refractivity contribution in [3.63, 3.8) is 0 Å². The smallest absolute Gasteiger partial charge is 0.243 e. The van der Waals surface area contributed by atoms with E-state index in [1.54, 1.807) is 13.1 Å². The Kier molecular flexibility index (Phi) is 7.64. The van der Waals surface area contributed by atoms with Gasteiger partial charge in [0.2, 0.25) is 10.0 Å². The SMILES string of the molecule is COc1cc(OC)cc(S(=O)(=O)N(C)CC(C)(C)CN)c1.Cl. The van der Waals surface area contributed by atoms with Gasteiger partial charge in [-0.05, 0) is 12.0 Å². The Morgan fingerprint density at radius 3 is 1.95 bits per heavy atom. The van der Waals surface area contributed by atoms with Crippen LogP contribution in [0.4, 0.5) is 0 Å². The Balaban J connectivity index is 0.00000441. The fourth-order valence-electron chi connectivity index (χ4n) is 1.86. The number of halogens is 1. The number of benzene rings is 1. The van der Waals surface area contributed by atoms with Crippen LogP contribution >= 0.6 is 12.4 Å². The molecule has 0 aliphatic carbocycles. The Bertz CT molecular complexity index is 568. The van der Waals surface area contributed by atoms with Crippen LogP contribution in [0.1, 0.15) is 13.8 Å². The number of methoxy groups -OCH3 is 2. The minimum atomic E-state index is -3.63. The predicted octanol–water partition coefficient (Wildman–Crippen LogP) is 1.73. The lowest BCUT2D eigenvalue weighted by atomic mass is 9.94. The van der Waals surface area contributed by atoms with Gasteiger partial charge in [0.05, 0.1) is 19.1 Å². The monoisotopic (exact) mass is 352 g/mol. The highest BCUT2D eigenvalue weighted by atomic mass is 35.5. The third kappa shape index (κ3) is 5.01. The maximum Gasteiger partial charge on any atom is 0.243 e. The molecule has 6 nitrogen and oxygen atoms in total. The maximum absolute atomic E-state index is 12.6. The molecule has 0 aliphatic rings. The van der Waals surface area contributed by atoms with Crippen LogP contribution < -0.4 is 15.2 Å². The zero-order valence-corrected chi connectivity index (χ0v) is 15.3. The molecule has 0 unspecified atom stereocenters. The van der Waals surface area contributed by atoms with Crippen LogP contribution in [0.25, 0.3) is 0 Å². The lowest BCUT2D eigenvalue weighted by Crippen LogP contribution is -2.39.